The van der Waals surface area contributed by atoms with E-state index < -0.39 is 7.12 Å². The number of likely N-dealkylation sites (tertiary alicyclic amines) is 2. The van der Waals surface area contributed by atoms with Gasteiger partial charge in [0.2, 0.25) is 0 Å². The summed E-state index contributed by atoms with van der Waals surface area (Å²) in [6, 6.07) is 6.24. The second-order valence-electron chi connectivity index (χ2n) is 11.3. The van der Waals surface area contributed by atoms with Crippen molar-refractivity contribution in [3.8, 4) is 5.75 Å². The van der Waals surface area contributed by atoms with E-state index in [4.69, 9.17) is 9.31 Å². The third-order valence-corrected chi connectivity index (χ3v) is 8.11. The fraction of sp³-hybridized carbons (Fsp3) is 0.769. The molecule has 184 valence electrons. The van der Waals surface area contributed by atoms with Crippen LogP contribution in [0.3, 0.4) is 0 Å². The maximum absolute atomic E-state index is 10.3. The second kappa shape index (κ2) is 10.7. The van der Waals surface area contributed by atoms with Crippen molar-refractivity contribution in [2.75, 3.05) is 39.3 Å². The van der Waals surface area contributed by atoms with Crippen LogP contribution in [0.5, 0.6) is 5.75 Å². The molecule has 0 amide bonds. The third kappa shape index (κ3) is 6.52. The van der Waals surface area contributed by atoms with E-state index in [1.807, 2.05) is 6.07 Å². The molecule has 3 heterocycles. The second-order valence-corrected chi connectivity index (χ2v) is 11.3. The summed E-state index contributed by atoms with van der Waals surface area (Å²) >= 11 is 0. The zero-order valence-electron chi connectivity index (χ0n) is 21.2. The molecule has 2 N–H and O–H groups in total. The fourth-order valence-electron chi connectivity index (χ4n) is 5.24. The van der Waals surface area contributed by atoms with Crippen molar-refractivity contribution >= 4 is 12.6 Å². The maximum atomic E-state index is 10.3. The van der Waals surface area contributed by atoms with Crippen LogP contribution in [-0.2, 0) is 15.9 Å². The van der Waals surface area contributed by atoms with E-state index in [2.05, 4.69) is 48.9 Å². The molecule has 0 aliphatic carbocycles. The Balaban J connectivity index is 1.21. The Kier molecular flexibility index (Phi) is 8.07. The van der Waals surface area contributed by atoms with Crippen molar-refractivity contribution < 1.29 is 14.4 Å². The number of phenols is 1. The van der Waals surface area contributed by atoms with Gasteiger partial charge in [0, 0.05) is 12.6 Å². The molecule has 3 saturated heterocycles. The van der Waals surface area contributed by atoms with Gasteiger partial charge in [-0.15, -0.1) is 0 Å². The zero-order chi connectivity index (χ0) is 23.5. The summed E-state index contributed by atoms with van der Waals surface area (Å²) in [4.78, 5) is 5.28. The molecular formula is C26H44BN3O3. The lowest BCUT2D eigenvalue weighted by Crippen LogP contribution is -2.43. The van der Waals surface area contributed by atoms with Gasteiger partial charge in [-0.2, -0.15) is 0 Å². The first kappa shape index (κ1) is 25.0. The van der Waals surface area contributed by atoms with Crippen molar-refractivity contribution in [2.45, 2.75) is 90.0 Å². The molecule has 0 aromatic heterocycles. The SMILES string of the molecule is CC1(C)OB(c2cc(O)cc(CNC3CCN(CCCN4CCCCC4)CC3)c2)OC1(C)C. The maximum Gasteiger partial charge on any atom is 0.494 e. The monoisotopic (exact) mass is 457 g/mol. The summed E-state index contributed by atoms with van der Waals surface area (Å²) in [5.74, 6) is 0.266. The first-order valence-corrected chi connectivity index (χ1v) is 13.1. The van der Waals surface area contributed by atoms with Gasteiger partial charge in [-0.3, -0.25) is 0 Å². The van der Waals surface area contributed by atoms with Gasteiger partial charge >= 0.3 is 7.12 Å². The van der Waals surface area contributed by atoms with Gasteiger partial charge in [0.1, 0.15) is 5.75 Å². The number of benzene rings is 1. The summed E-state index contributed by atoms with van der Waals surface area (Å²) in [6.45, 7) is 16.4. The van der Waals surface area contributed by atoms with E-state index in [0.29, 0.717) is 6.04 Å². The lowest BCUT2D eigenvalue weighted by molar-refractivity contribution is 0.00578. The summed E-state index contributed by atoms with van der Waals surface area (Å²) in [5.41, 5.74) is 1.18. The number of phenolic OH excluding ortho intramolecular Hbond substituents is 1. The molecule has 3 aliphatic rings. The lowest BCUT2D eigenvalue weighted by Gasteiger charge is -2.33. The average Bonchev–Trinajstić information content (AvgIpc) is 3.00. The Labute approximate surface area is 201 Å². The molecule has 0 saturated carbocycles. The normalized spacial score (nSPS) is 24.4. The first-order valence-electron chi connectivity index (χ1n) is 13.1. The minimum atomic E-state index is -0.450. The molecule has 1 aromatic carbocycles. The fourth-order valence-corrected chi connectivity index (χ4v) is 5.24. The number of hydrogen-bond donors (Lipinski definition) is 2. The number of piperidine rings is 2. The number of aromatic hydroxyl groups is 1. The Bertz CT molecular complexity index is 758. The van der Waals surface area contributed by atoms with Gasteiger partial charge < -0.3 is 29.5 Å². The smallest absolute Gasteiger partial charge is 0.494 e. The molecule has 7 heteroatoms. The Morgan fingerprint density at radius 1 is 0.909 bits per heavy atom. The lowest BCUT2D eigenvalue weighted by atomic mass is 9.78. The van der Waals surface area contributed by atoms with Crippen LogP contribution < -0.4 is 10.8 Å². The van der Waals surface area contributed by atoms with E-state index in [1.54, 1.807) is 6.07 Å². The number of nitrogens with one attached hydrogen (secondary N) is 1. The minimum absolute atomic E-state index is 0.266. The van der Waals surface area contributed by atoms with Crippen LogP contribution in [0.15, 0.2) is 18.2 Å². The molecule has 0 unspecified atom stereocenters. The molecule has 4 rings (SSSR count). The van der Waals surface area contributed by atoms with Crippen LogP contribution in [0, 0.1) is 0 Å². The highest BCUT2D eigenvalue weighted by Gasteiger charge is 2.51. The van der Waals surface area contributed by atoms with Crippen molar-refractivity contribution in [1.82, 2.24) is 15.1 Å². The molecule has 33 heavy (non-hydrogen) atoms. The van der Waals surface area contributed by atoms with Crippen LogP contribution >= 0.6 is 0 Å². The van der Waals surface area contributed by atoms with Gasteiger partial charge in [-0.25, -0.2) is 0 Å². The summed E-state index contributed by atoms with van der Waals surface area (Å²) < 4.78 is 12.3. The predicted octanol–water partition coefficient (Wildman–Crippen LogP) is 3.12. The van der Waals surface area contributed by atoms with Crippen LogP contribution in [-0.4, -0.2) is 78.5 Å². The van der Waals surface area contributed by atoms with Crippen LogP contribution in [0.25, 0.3) is 0 Å². The van der Waals surface area contributed by atoms with Gasteiger partial charge in [-0.05, 0) is 122 Å². The van der Waals surface area contributed by atoms with Crippen molar-refractivity contribution in [3.63, 3.8) is 0 Å². The number of rotatable bonds is 8. The largest absolute Gasteiger partial charge is 0.508 e. The van der Waals surface area contributed by atoms with Crippen molar-refractivity contribution in [1.29, 1.82) is 0 Å². The molecule has 0 radical (unpaired) electrons. The number of nitrogens with zero attached hydrogens (tertiary/aromatic N) is 2. The van der Waals surface area contributed by atoms with Gasteiger partial charge in [-0.1, -0.05) is 12.5 Å². The van der Waals surface area contributed by atoms with E-state index in [0.717, 1.165) is 17.6 Å². The van der Waals surface area contributed by atoms with E-state index in [1.165, 1.54) is 77.8 Å². The molecule has 0 atom stereocenters. The van der Waals surface area contributed by atoms with Gasteiger partial charge in [0.15, 0.2) is 0 Å². The van der Waals surface area contributed by atoms with Crippen molar-refractivity contribution in [3.05, 3.63) is 23.8 Å². The Morgan fingerprint density at radius 3 is 2.15 bits per heavy atom. The Hall–Kier alpha value is -1.12. The van der Waals surface area contributed by atoms with Crippen LogP contribution in [0.2, 0.25) is 0 Å². The first-order chi connectivity index (χ1) is 15.7. The molecular weight excluding hydrogens is 413 g/mol. The number of hydrogen-bond acceptors (Lipinski definition) is 6. The molecule has 1 aromatic rings. The standard InChI is InChI=1S/C26H44BN3O3/c1-25(2)26(3,4)33-27(32-25)22-17-21(18-24(31)19-22)20-28-23-9-15-30(16-10-23)14-8-13-29-11-6-5-7-12-29/h17-19,23,28,31H,5-16,20H2,1-4H3. The summed E-state index contributed by atoms with van der Waals surface area (Å²) in [6.07, 6.45) is 7.85. The van der Waals surface area contributed by atoms with Crippen LogP contribution in [0.1, 0.15) is 71.8 Å². The third-order valence-electron chi connectivity index (χ3n) is 8.11. The summed E-state index contributed by atoms with van der Waals surface area (Å²) in [5, 5.41) is 14.0. The van der Waals surface area contributed by atoms with Crippen LogP contribution in [0.4, 0.5) is 0 Å². The highest BCUT2D eigenvalue weighted by molar-refractivity contribution is 6.62. The molecule has 0 spiro atoms. The average molecular weight is 457 g/mol. The quantitative estimate of drug-likeness (QED) is 0.586. The van der Waals surface area contributed by atoms with Gasteiger partial charge in [0.25, 0.3) is 0 Å². The van der Waals surface area contributed by atoms with Gasteiger partial charge in [0.05, 0.1) is 11.2 Å². The molecule has 3 aliphatic heterocycles. The highest BCUT2D eigenvalue weighted by Crippen LogP contribution is 2.36. The topological polar surface area (TPSA) is 57.2 Å². The van der Waals surface area contributed by atoms with E-state index in [-0.39, 0.29) is 17.0 Å². The van der Waals surface area contributed by atoms with Crippen molar-refractivity contribution in [2.24, 2.45) is 0 Å². The molecule has 3 fully saturated rings. The summed E-state index contributed by atoms with van der Waals surface area (Å²) in [7, 11) is -0.450. The van der Waals surface area contributed by atoms with E-state index >= 15 is 0 Å². The zero-order valence-corrected chi connectivity index (χ0v) is 21.2. The van der Waals surface area contributed by atoms with E-state index in [9.17, 15) is 5.11 Å². The predicted molar refractivity (Wildman–Crippen MR) is 135 cm³/mol. The molecule has 0 bridgehead atoms. The minimum Gasteiger partial charge on any atom is -0.508 e. The Morgan fingerprint density at radius 2 is 1.52 bits per heavy atom. The molecule has 6 nitrogen and oxygen atoms in total. The highest BCUT2D eigenvalue weighted by atomic mass is 16.7.